The van der Waals surface area contributed by atoms with E-state index in [0.29, 0.717) is 6.04 Å². The molecule has 0 saturated carbocycles. The first-order chi connectivity index (χ1) is 7.08. The van der Waals surface area contributed by atoms with E-state index in [2.05, 4.69) is 51.0 Å². The zero-order valence-electron chi connectivity index (χ0n) is 8.76. The number of aliphatic hydroxyl groups is 1. The quantitative estimate of drug-likeness (QED) is 0.843. The number of nitrogens with one attached hydrogen (secondary N) is 1. The lowest BCUT2D eigenvalue weighted by Gasteiger charge is -2.19. The summed E-state index contributed by atoms with van der Waals surface area (Å²) < 4.78 is 2.12. The Hall–Kier alpha value is 0.580. The van der Waals surface area contributed by atoms with Crippen molar-refractivity contribution >= 4 is 43.2 Å². The molecule has 86 valence electrons. The molecule has 2 nitrogen and oxygen atoms in total. The van der Waals surface area contributed by atoms with Gasteiger partial charge in [0, 0.05) is 15.4 Å². The van der Waals surface area contributed by atoms with Crippen molar-refractivity contribution in [2.45, 2.75) is 32.4 Å². The summed E-state index contributed by atoms with van der Waals surface area (Å²) in [7, 11) is 0. The van der Waals surface area contributed by atoms with E-state index >= 15 is 0 Å². The predicted molar refractivity (Wildman–Crippen MR) is 72.4 cm³/mol. The van der Waals surface area contributed by atoms with E-state index in [0.717, 1.165) is 19.6 Å². The van der Waals surface area contributed by atoms with Crippen molar-refractivity contribution in [3.8, 4) is 0 Å². The van der Waals surface area contributed by atoms with Gasteiger partial charge in [0.05, 0.1) is 16.4 Å². The van der Waals surface area contributed by atoms with Crippen LogP contribution in [-0.4, -0.2) is 17.8 Å². The van der Waals surface area contributed by atoms with Crippen molar-refractivity contribution in [1.29, 1.82) is 0 Å². The number of halogens is 2. The standard InChI is InChI=1S/C10H15Br2NOS/c1-3-6(2)13-8(5-14)9-4-7(11)10(12)15-9/h4,6,8,13-14H,3,5H2,1-2H3. The van der Waals surface area contributed by atoms with Crippen LogP contribution in [0.3, 0.4) is 0 Å². The van der Waals surface area contributed by atoms with E-state index in [-0.39, 0.29) is 12.6 Å². The van der Waals surface area contributed by atoms with Gasteiger partial charge in [0.15, 0.2) is 0 Å². The third-order valence-electron chi connectivity index (χ3n) is 2.29. The second-order valence-electron chi connectivity index (χ2n) is 3.48. The summed E-state index contributed by atoms with van der Waals surface area (Å²) in [6.45, 7) is 4.39. The minimum atomic E-state index is 0.0348. The van der Waals surface area contributed by atoms with Crippen molar-refractivity contribution < 1.29 is 5.11 Å². The van der Waals surface area contributed by atoms with Gasteiger partial charge in [-0.1, -0.05) is 6.92 Å². The minimum Gasteiger partial charge on any atom is -0.394 e. The summed E-state index contributed by atoms with van der Waals surface area (Å²) in [6, 6.07) is 2.50. The summed E-state index contributed by atoms with van der Waals surface area (Å²) in [5.41, 5.74) is 0. The van der Waals surface area contributed by atoms with Crippen molar-refractivity contribution in [3.05, 3.63) is 19.2 Å². The van der Waals surface area contributed by atoms with Gasteiger partial charge in [0.25, 0.3) is 0 Å². The van der Waals surface area contributed by atoms with E-state index in [1.165, 1.54) is 0 Å². The second-order valence-corrected chi connectivity index (χ2v) is 6.74. The average molecular weight is 357 g/mol. The van der Waals surface area contributed by atoms with Crippen LogP contribution in [0, 0.1) is 0 Å². The third kappa shape index (κ3) is 3.82. The van der Waals surface area contributed by atoms with Crippen molar-refractivity contribution in [2.24, 2.45) is 0 Å². The molecule has 0 radical (unpaired) electrons. The molecule has 0 amide bonds. The first-order valence-corrected chi connectivity index (χ1v) is 7.30. The highest BCUT2D eigenvalue weighted by Crippen LogP contribution is 2.35. The first kappa shape index (κ1) is 13.6. The van der Waals surface area contributed by atoms with Crippen molar-refractivity contribution in [3.63, 3.8) is 0 Å². The molecule has 1 aromatic rings. The van der Waals surface area contributed by atoms with Gasteiger partial charge in [-0.05, 0) is 51.3 Å². The fourth-order valence-electron chi connectivity index (χ4n) is 1.22. The second kappa shape index (κ2) is 6.35. The first-order valence-electron chi connectivity index (χ1n) is 4.90. The summed E-state index contributed by atoms with van der Waals surface area (Å²) in [4.78, 5) is 1.15. The predicted octanol–water partition coefficient (Wildman–Crippen LogP) is 3.69. The van der Waals surface area contributed by atoms with Gasteiger partial charge in [-0.15, -0.1) is 11.3 Å². The Morgan fingerprint density at radius 1 is 1.53 bits per heavy atom. The van der Waals surface area contributed by atoms with Gasteiger partial charge in [0.1, 0.15) is 0 Å². The molecule has 2 atom stereocenters. The van der Waals surface area contributed by atoms with Crippen molar-refractivity contribution in [1.82, 2.24) is 5.32 Å². The van der Waals surface area contributed by atoms with Crippen LogP contribution in [0.4, 0.5) is 0 Å². The lowest BCUT2D eigenvalue weighted by atomic mass is 10.2. The van der Waals surface area contributed by atoms with E-state index in [9.17, 15) is 5.11 Å². The third-order valence-corrected chi connectivity index (χ3v) is 5.66. The number of rotatable bonds is 5. The van der Waals surface area contributed by atoms with Crippen LogP contribution in [0.2, 0.25) is 0 Å². The summed E-state index contributed by atoms with van der Waals surface area (Å²) in [6.07, 6.45) is 1.06. The Morgan fingerprint density at radius 3 is 2.60 bits per heavy atom. The Morgan fingerprint density at radius 2 is 2.20 bits per heavy atom. The van der Waals surface area contributed by atoms with Crippen LogP contribution in [0.1, 0.15) is 31.2 Å². The fourth-order valence-corrected chi connectivity index (χ4v) is 3.36. The van der Waals surface area contributed by atoms with Gasteiger partial charge in [-0.3, -0.25) is 0 Å². The number of hydrogen-bond acceptors (Lipinski definition) is 3. The molecule has 0 bridgehead atoms. The Balaban J connectivity index is 2.74. The highest BCUT2D eigenvalue weighted by Gasteiger charge is 2.16. The number of hydrogen-bond donors (Lipinski definition) is 2. The molecule has 0 aliphatic rings. The molecule has 15 heavy (non-hydrogen) atoms. The van der Waals surface area contributed by atoms with Crippen LogP contribution in [0.25, 0.3) is 0 Å². The van der Waals surface area contributed by atoms with Gasteiger partial charge in [0.2, 0.25) is 0 Å². The van der Waals surface area contributed by atoms with E-state index in [1.807, 2.05) is 6.07 Å². The summed E-state index contributed by atoms with van der Waals surface area (Å²) >= 11 is 8.56. The molecule has 1 aromatic heterocycles. The molecule has 1 rings (SSSR count). The molecule has 0 aromatic carbocycles. The zero-order chi connectivity index (χ0) is 11.4. The molecule has 2 N–H and O–H groups in total. The molecule has 5 heteroatoms. The lowest BCUT2D eigenvalue weighted by Crippen LogP contribution is -2.31. The molecule has 0 saturated heterocycles. The molecular weight excluding hydrogens is 342 g/mol. The van der Waals surface area contributed by atoms with Crippen LogP contribution >= 0.6 is 43.2 Å². The van der Waals surface area contributed by atoms with E-state index < -0.39 is 0 Å². The maximum atomic E-state index is 9.34. The molecular formula is C10H15Br2NOS. The highest BCUT2D eigenvalue weighted by atomic mass is 79.9. The molecule has 0 spiro atoms. The molecule has 0 aliphatic carbocycles. The smallest absolute Gasteiger partial charge is 0.0843 e. The topological polar surface area (TPSA) is 32.3 Å². The van der Waals surface area contributed by atoms with E-state index in [4.69, 9.17) is 0 Å². The molecule has 2 unspecified atom stereocenters. The molecule has 1 heterocycles. The Kier molecular flexibility index (Phi) is 5.77. The SMILES string of the molecule is CCC(C)NC(CO)c1cc(Br)c(Br)s1. The Labute approximate surface area is 111 Å². The van der Waals surface area contributed by atoms with Crippen LogP contribution < -0.4 is 5.32 Å². The number of thiophene rings is 1. The highest BCUT2D eigenvalue weighted by molar-refractivity contribution is 9.13. The van der Waals surface area contributed by atoms with Gasteiger partial charge in [-0.25, -0.2) is 0 Å². The zero-order valence-corrected chi connectivity index (χ0v) is 12.7. The van der Waals surface area contributed by atoms with E-state index in [1.54, 1.807) is 11.3 Å². The number of aliphatic hydroxyl groups excluding tert-OH is 1. The van der Waals surface area contributed by atoms with Crippen LogP contribution in [-0.2, 0) is 0 Å². The maximum Gasteiger partial charge on any atom is 0.0843 e. The molecule has 0 fully saturated rings. The normalized spacial score (nSPS) is 15.3. The van der Waals surface area contributed by atoms with Crippen molar-refractivity contribution in [2.75, 3.05) is 6.61 Å². The fraction of sp³-hybridized carbons (Fsp3) is 0.600. The lowest BCUT2D eigenvalue weighted by molar-refractivity contribution is 0.236. The summed E-state index contributed by atoms with van der Waals surface area (Å²) in [5, 5.41) is 12.7. The largest absolute Gasteiger partial charge is 0.394 e. The minimum absolute atomic E-state index is 0.0348. The van der Waals surface area contributed by atoms with Gasteiger partial charge in [-0.2, -0.15) is 0 Å². The Bertz CT molecular complexity index is 297. The molecule has 0 aliphatic heterocycles. The van der Waals surface area contributed by atoms with Crippen LogP contribution in [0.15, 0.2) is 14.3 Å². The monoisotopic (exact) mass is 355 g/mol. The van der Waals surface area contributed by atoms with Gasteiger partial charge < -0.3 is 10.4 Å². The van der Waals surface area contributed by atoms with Gasteiger partial charge >= 0.3 is 0 Å². The van der Waals surface area contributed by atoms with Crippen LogP contribution in [0.5, 0.6) is 0 Å². The maximum absolute atomic E-state index is 9.34. The summed E-state index contributed by atoms with van der Waals surface area (Å²) in [5.74, 6) is 0. The average Bonchev–Trinajstić information content (AvgIpc) is 2.55.